The van der Waals surface area contributed by atoms with E-state index in [-0.39, 0.29) is 12.1 Å². The molecular formula is C23H28ClN3O4. The molecule has 0 fully saturated rings. The fraction of sp³-hybridized carbons (Fsp3) is 0.391. The van der Waals surface area contributed by atoms with Gasteiger partial charge >= 0.3 is 12.1 Å². The Morgan fingerprint density at radius 3 is 2.35 bits per heavy atom. The third-order valence-electron chi connectivity index (χ3n) is 4.52. The average Bonchev–Trinajstić information content (AvgIpc) is 2.62. The molecule has 31 heavy (non-hydrogen) atoms. The molecule has 0 bridgehead atoms. The van der Waals surface area contributed by atoms with Crippen LogP contribution in [-0.4, -0.2) is 23.3 Å². The second-order valence-corrected chi connectivity index (χ2v) is 9.54. The highest BCUT2D eigenvalue weighted by Crippen LogP contribution is 2.40. The lowest BCUT2D eigenvalue weighted by Crippen LogP contribution is -2.42. The maximum absolute atomic E-state index is 12.6. The summed E-state index contributed by atoms with van der Waals surface area (Å²) in [6.07, 6.45) is 0.0127. The van der Waals surface area contributed by atoms with Gasteiger partial charge in [0.1, 0.15) is 17.0 Å². The lowest BCUT2D eigenvalue weighted by Gasteiger charge is -2.38. The molecular weight excluding hydrogens is 418 g/mol. The van der Waals surface area contributed by atoms with Crippen molar-refractivity contribution in [1.29, 1.82) is 0 Å². The van der Waals surface area contributed by atoms with Crippen molar-refractivity contribution in [2.45, 2.75) is 58.3 Å². The van der Waals surface area contributed by atoms with E-state index >= 15 is 0 Å². The average molecular weight is 446 g/mol. The monoisotopic (exact) mass is 445 g/mol. The smallest absolute Gasteiger partial charge is 0.412 e. The molecule has 0 saturated carbocycles. The summed E-state index contributed by atoms with van der Waals surface area (Å²) in [5.74, 6) is 0.655. The van der Waals surface area contributed by atoms with Gasteiger partial charge < -0.3 is 20.1 Å². The molecule has 2 aromatic carbocycles. The summed E-state index contributed by atoms with van der Waals surface area (Å²) in [5.41, 5.74) is 0.898. The first-order valence-electron chi connectivity index (χ1n) is 10.1. The second-order valence-electron chi connectivity index (χ2n) is 9.10. The van der Waals surface area contributed by atoms with Crippen LogP contribution in [0.25, 0.3) is 0 Å². The van der Waals surface area contributed by atoms with E-state index < -0.39 is 17.3 Å². The van der Waals surface area contributed by atoms with Crippen molar-refractivity contribution in [3.05, 3.63) is 53.1 Å². The number of rotatable bonds is 3. The molecule has 3 rings (SSSR count). The number of anilines is 2. The minimum Gasteiger partial charge on any atom is -0.487 e. The zero-order chi connectivity index (χ0) is 22.8. The number of hydrogen-bond donors (Lipinski definition) is 3. The normalized spacial score (nSPS) is 17.0. The molecule has 0 radical (unpaired) electrons. The Hall–Kier alpha value is -2.93. The summed E-state index contributed by atoms with van der Waals surface area (Å²) in [4.78, 5) is 24.8. The van der Waals surface area contributed by atoms with Crippen molar-refractivity contribution < 1.29 is 19.1 Å². The molecule has 3 N–H and O–H groups in total. The molecule has 0 saturated heterocycles. The number of benzene rings is 2. The van der Waals surface area contributed by atoms with Crippen molar-refractivity contribution in [2.75, 3.05) is 10.6 Å². The fourth-order valence-electron chi connectivity index (χ4n) is 3.34. The second kappa shape index (κ2) is 8.67. The van der Waals surface area contributed by atoms with Gasteiger partial charge in [0, 0.05) is 28.4 Å². The van der Waals surface area contributed by atoms with Crippen molar-refractivity contribution in [1.82, 2.24) is 5.32 Å². The summed E-state index contributed by atoms with van der Waals surface area (Å²) in [6, 6.07) is 11.5. The third kappa shape index (κ3) is 6.52. The number of halogens is 1. The lowest BCUT2D eigenvalue weighted by atomic mass is 9.89. The summed E-state index contributed by atoms with van der Waals surface area (Å²) in [6.45, 7) is 9.33. The molecule has 1 atom stereocenters. The molecule has 0 aliphatic carbocycles. The van der Waals surface area contributed by atoms with E-state index in [0.29, 0.717) is 28.6 Å². The maximum Gasteiger partial charge on any atom is 0.412 e. The fourth-order valence-corrected chi connectivity index (χ4v) is 3.47. The van der Waals surface area contributed by atoms with E-state index in [9.17, 15) is 9.59 Å². The number of fused-ring (bicyclic) bond motifs is 1. The molecule has 166 valence electrons. The third-order valence-corrected chi connectivity index (χ3v) is 4.77. The standard InChI is InChI=1S/C23H28ClN3O4/c1-22(2,3)31-21(29)26-16-10-11-19-17(12-16)18(13-23(4,5)30-19)27-20(28)25-15-8-6-14(24)7-9-15/h6-12,18H,13H2,1-5H3,(H,26,29)(H2,25,27,28)/t18-/m0/s1. The molecule has 0 spiro atoms. The molecule has 1 heterocycles. The summed E-state index contributed by atoms with van der Waals surface area (Å²) >= 11 is 5.90. The van der Waals surface area contributed by atoms with Crippen molar-refractivity contribution in [3.63, 3.8) is 0 Å². The van der Waals surface area contributed by atoms with Gasteiger partial charge in [-0.1, -0.05) is 11.6 Å². The highest BCUT2D eigenvalue weighted by atomic mass is 35.5. The van der Waals surface area contributed by atoms with Crippen LogP contribution in [0.1, 0.15) is 52.6 Å². The zero-order valence-electron chi connectivity index (χ0n) is 18.3. The number of carbonyl (C=O) groups excluding carboxylic acids is 2. The Kier molecular flexibility index (Phi) is 6.36. The van der Waals surface area contributed by atoms with E-state index in [1.54, 1.807) is 63.2 Å². The van der Waals surface area contributed by atoms with E-state index in [1.807, 2.05) is 13.8 Å². The van der Waals surface area contributed by atoms with Gasteiger partial charge in [0.05, 0.1) is 6.04 Å². The maximum atomic E-state index is 12.6. The largest absolute Gasteiger partial charge is 0.487 e. The van der Waals surface area contributed by atoms with Crippen LogP contribution in [0.15, 0.2) is 42.5 Å². The van der Waals surface area contributed by atoms with E-state index in [4.69, 9.17) is 21.1 Å². The van der Waals surface area contributed by atoms with E-state index in [0.717, 1.165) is 5.56 Å². The number of nitrogens with one attached hydrogen (secondary N) is 3. The molecule has 1 aliphatic heterocycles. The first-order valence-corrected chi connectivity index (χ1v) is 10.4. The van der Waals surface area contributed by atoms with Crippen molar-refractivity contribution in [2.24, 2.45) is 0 Å². The van der Waals surface area contributed by atoms with Gasteiger partial charge in [0.2, 0.25) is 0 Å². The number of carbonyl (C=O) groups is 2. The van der Waals surface area contributed by atoms with Crippen LogP contribution in [-0.2, 0) is 4.74 Å². The molecule has 3 amide bonds. The van der Waals surface area contributed by atoms with Crippen LogP contribution in [0.2, 0.25) is 5.02 Å². The molecule has 1 aliphatic rings. The van der Waals surface area contributed by atoms with Gasteiger partial charge in [0.25, 0.3) is 0 Å². The Labute approximate surface area is 187 Å². The van der Waals surface area contributed by atoms with Crippen molar-refractivity contribution in [3.8, 4) is 5.75 Å². The molecule has 7 nitrogen and oxygen atoms in total. The van der Waals surface area contributed by atoms with Gasteiger partial charge in [-0.25, -0.2) is 9.59 Å². The van der Waals surface area contributed by atoms with Gasteiger partial charge in [-0.15, -0.1) is 0 Å². The number of urea groups is 1. The molecule has 0 unspecified atom stereocenters. The lowest BCUT2D eigenvalue weighted by molar-refractivity contribution is 0.0631. The summed E-state index contributed by atoms with van der Waals surface area (Å²) < 4.78 is 11.4. The minimum atomic E-state index is -0.602. The minimum absolute atomic E-state index is 0.313. The topological polar surface area (TPSA) is 88.7 Å². The Morgan fingerprint density at radius 1 is 1.06 bits per heavy atom. The summed E-state index contributed by atoms with van der Waals surface area (Å²) in [7, 11) is 0. The predicted octanol–water partition coefficient (Wildman–Crippen LogP) is 6.11. The van der Waals surface area contributed by atoms with Gasteiger partial charge in [0.15, 0.2) is 0 Å². The van der Waals surface area contributed by atoms with Gasteiger partial charge in [-0.05, 0) is 77.1 Å². The molecule has 0 aromatic heterocycles. The van der Waals surface area contributed by atoms with Crippen LogP contribution < -0.4 is 20.7 Å². The van der Waals surface area contributed by atoms with Crippen LogP contribution in [0.5, 0.6) is 5.75 Å². The Bertz CT molecular complexity index is 968. The van der Waals surface area contributed by atoms with Crippen LogP contribution in [0.4, 0.5) is 21.0 Å². The zero-order valence-corrected chi connectivity index (χ0v) is 19.1. The number of hydrogen-bond acceptors (Lipinski definition) is 4. The Balaban J connectivity index is 1.77. The highest BCUT2D eigenvalue weighted by molar-refractivity contribution is 6.30. The Morgan fingerprint density at radius 2 is 1.71 bits per heavy atom. The van der Waals surface area contributed by atoms with E-state index in [2.05, 4.69) is 16.0 Å². The SMILES string of the molecule is CC(C)(C)OC(=O)Nc1ccc2c(c1)[C@@H](NC(=O)Nc1ccc(Cl)cc1)CC(C)(C)O2. The first-order chi connectivity index (χ1) is 14.4. The van der Waals surface area contributed by atoms with Gasteiger partial charge in [-0.3, -0.25) is 5.32 Å². The molecule has 8 heteroatoms. The highest BCUT2D eigenvalue weighted by Gasteiger charge is 2.35. The van der Waals surface area contributed by atoms with Crippen LogP contribution in [0.3, 0.4) is 0 Å². The predicted molar refractivity (Wildman–Crippen MR) is 122 cm³/mol. The number of amides is 3. The van der Waals surface area contributed by atoms with Crippen molar-refractivity contribution >= 4 is 35.1 Å². The van der Waals surface area contributed by atoms with Crippen LogP contribution >= 0.6 is 11.6 Å². The van der Waals surface area contributed by atoms with Gasteiger partial charge in [-0.2, -0.15) is 0 Å². The van der Waals surface area contributed by atoms with Crippen LogP contribution in [0, 0.1) is 0 Å². The van der Waals surface area contributed by atoms with E-state index in [1.165, 1.54) is 0 Å². The summed E-state index contributed by atoms with van der Waals surface area (Å²) in [5, 5.41) is 9.14. The molecule has 2 aromatic rings. The first kappa shape index (κ1) is 22.7. The quantitative estimate of drug-likeness (QED) is 0.531. The number of ether oxygens (including phenoxy) is 2.